The Morgan fingerprint density at radius 2 is 1.15 bits per heavy atom. The van der Waals surface area contributed by atoms with E-state index >= 15 is 0 Å². The van der Waals surface area contributed by atoms with E-state index in [0.29, 0.717) is 24.0 Å². The van der Waals surface area contributed by atoms with Crippen LogP contribution in [0.5, 0.6) is 0 Å². The van der Waals surface area contributed by atoms with E-state index in [4.69, 9.17) is 0 Å². The van der Waals surface area contributed by atoms with Crippen LogP contribution in [0.3, 0.4) is 0 Å². The van der Waals surface area contributed by atoms with Crippen LogP contribution in [-0.2, 0) is 6.42 Å². The zero-order valence-electron chi connectivity index (χ0n) is 15.7. The van der Waals surface area contributed by atoms with Crippen molar-refractivity contribution >= 4 is 11.6 Å². The minimum absolute atomic E-state index is 0.277. The van der Waals surface area contributed by atoms with Gasteiger partial charge in [0.15, 0.2) is 11.6 Å². The van der Waals surface area contributed by atoms with Gasteiger partial charge in [0, 0.05) is 11.1 Å². The Morgan fingerprint density at radius 3 is 1.50 bits per heavy atom. The molecule has 0 amide bonds. The zero-order valence-corrected chi connectivity index (χ0v) is 15.7. The highest BCUT2D eigenvalue weighted by molar-refractivity contribution is 6.02. The average molecular weight is 354 g/mol. The molecule has 0 aromatic heterocycles. The van der Waals surface area contributed by atoms with Gasteiger partial charge in [0.1, 0.15) is 11.2 Å². The lowest BCUT2D eigenvalue weighted by Gasteiger charge is -2.19. The number of hydrogen-bond donors (Lipinski definition) is 2. The van der Waals surface area contributed by atoms with Crippen molar-refractivity contribution in [1.29, 1.82) is 0 Å². The van der Waals surface area contributed by atoms with Gasteiger partial charge in [-0.25, -0.2) is 0 Å². The van der Waals surface area contributed by atoms with Crippen LogP contribution in [0.4, 0.5) is 0 Å². The van der Waals surface area contributed by atoms with Crippen LogP contribution < -0.4 is 0 Å². The van der Waals surface area contributed by atoms with Crippen LogP contribution in [0.2, 0.25) is 0 Å². The normalized spacial score (nSPS) is 13.9. The monoisotopic (exact) mass is 354 g/mol. The van der Waals surface area contributed by atoms with Gasteiger partial charge >= 0.3 is 0 Å². The second-order valence-electron chi connectivity index (χ2n) is 7.42. The number of aliphatic hydroxyl groups is 2. The first-order chi connectivity index (χ1) is 12.0. The second kappa shape index (κ2) is 7.52. The fourth-order valence-electron chi connectivity index (χ4n) is 2.61. The molecule has 1 atom stereocenters. The lowest BCUT2D eigenvalue weighted by Crippen LogP contribution is -2.34. The molecule has 0 fully saturated rings. The molecule has 0 heterocycles. The van der Waals surface area contributed by atoms with Crippen LogP contribution in [0.1, 0.15) is 66.0 Å². The minimum atomic E-state index is -1.39. The first-order valence-electron chi connectivity index (χ1n) is 8.77. The Hall–Kier alpha value is -2.30. The topological polar surface area (TPSA) is 74.6 Å². The molecule has 2 rings (SSSR count). The molecular formula is C22H26O4. The summed E-state index contributed by atoms with van der Waals surface area (Å²) in [5.74, 6) is -0.587. The SMILES string of the molecule is CCC(C)(O)C(=O)c1ccc(Cc2ccc(C(=O)C(C)(C)O)cc2)cc1. The molecule has 0 aliphatic heterocycles. The number of Topliss-reactive ketones (excluding diaryl/α,β-unsaturated/α-hetero) is 2. The Morgan fingerprint density at radius 1 is 0.769 bits per heavy atom. The van der Waals surface area contributed by atoms with Crippen molar-refractivity contribution in [3.05, 3.63) is 70.8 Å². The molecule has 0 saturated heterocycles. The predicted molar refractivity (Wildman–Crippen MR) is 102 cm³/mol. The van der Waals surface area contributed by atoms with E-state index in [2.05, 4.69) is 0 Å². The third-order valence-corrected chi connectivity index (χ3v) is 4.57. The quantitative estimate of drug-likeness (QED) is 0.746. The molecule has 2 aromatic carbocycles. The van der Waals surface area contributed by atoms with Crippen LogP contribution in [-0.4, -0.2) is 33.0 Å². The molecule has 0 bridgehead atoms. The maximum Gasteiger partial charge on any atom is 0.194 e. The molecule has 0 aliphatic carbocycles. The van der Waals surface area contributed by atoms with Gasteiger partial charge in [-0.1, -0.05) is 55.5 Å². The highest BCUT2D eigenvalue weighted by Crippen LogP contribution is 2.19. The number of hydrogen-bond acceptors (Lipinski definition) is 4. The number of rotatable bonds is 7. The molecular weight excluding hydrogens is 328 g/mol. The Bertz CT molecular complexity index is 778. The molecule has 0 saturated carbocycles. The summed E-state index contributed by atoms with van der Waals surface area (Å²) in [5, 5.41) is 19.9. The lowest BCUT2D eigenvalue weighted by atomic mass is 9.91. The Balaban J connectivity index is 2.10. The van der Waals surface area contributed by atoms with Crippen molar-refractivity contribution < 1.29 is 19.8 Å². The van der Waals surface area contributed by atoms with Crippen molar-refractivity contribution in [2.75, 3.05) is 0 Å². The summed E-state index contributed by atoms with van der Waals surface area (Å²) >= 11 is 0. The zero-order chi connectivity index (χ0) is 19.5. The standard InChI is InChI=1S/C22H26O4/c1-5-22(4,26)20(24)18-12-8-16(9-13-18)14-15-6-10-17(11-7-15)19(23)21(2,3)25/h6-13,25-26H,5,14H2,1-4H3. The first-order valence-corrected chi connectivity index (χ1v) is 8.77. The molecule has 0 aliphatic rings. The van der Waals surface area contributed by atoms with Crippen LogP contribution >= 0.6 is 0 Å². The van der Waals surface area contributed by atoms with Crippen LogP contribution in [0.15, 0.2) is 48.5 Å². The van der Waals surface area contributed by atoms with Gasteiger partial charge in [-0.15, -0.1) is 0 Å². The van der Waals surface area contributed by atoms with Gasteiger partial charge in [-0.2, -0.15) is 0 Å². The molecule has 4 heteroatoms. The summed E-state index contributed by atoms with van der Waals surface area (Å²) in [7, 11) is 0. The molecule has 1 unspecified atom stereocenters. The number of benzene rings is 2. The maximum absolute atomic E-state index is 12.2. The summed E-state index contributed by atoms with van der Waals surface area (Å²) < 4.78 is 0. The van der Waals surface area contributed by atoms with Gasteiger partial charge < -0.3 is 10.2 Å². The third kappa shape index (κ3) is 4.65. The van der Waals surface area contributed by atoms with Gasteiger partial charge in [-0.05, 0) is 44.7 Å². The molecule has 0 spiro atoms. The minimum Gasteiger partial charge on any atom is -0.382 e. The van der Waals surface area contributed by atoms with E-state index < -0.39 is 11.2 Å². The van der Waals surface area contributed by atoms with Crippen molar-refractivity contribution in [2.45, 2.75) is 51.7 Å². The molecule has 138 valence electrons. The molecule has 26 heavy (non-hydrogen) atoms. The van der Waals surface area contributed by atoms with Gasteiger partial charge in [-0.3, -0.25) is 9.59 Å². The molecule has 0 radical (unpaired) electrons. The van der Waals surface area contributed by atoms with E-state index in [1.165, 1.54) is 20.8 Å². The van der Waals surface area contributed by atoms with Crippen molar-refractivity contribution in [1.82, 2.24) is 0 Å². The highest BCUT2D eigenvalue weighted by atomic mass is 16.3. The number of ketones is 2. The Kier molecular flexibility index (Phi) is 5.79. The summed E-state index contributed by atoms with van der Waals surface area (Å²) in [6, 6.07) is 14.4. The summed E-state index contributed by atoms with van der Waals surface area (Å²) in [5.41, 5.74) is 0.292. The van der Waals surface area contributed by atoms with E-state index in [0.717, 1.165) is 11.1 Å². The second-order valence-corrected chi connectivity index (χ2v) is 7.42. The Labute approximate surface area is 154 Å². The van der Waals surface area contributed by atoms with E-state index in [1.807, 2.05) is 24.3 Å². The van der Waals surface area contributed by atoms with Crippen LogP contribution in [0, 0.1) is 0 Å². The van der Waals surface area contributed by atoms with Gasteiger partial charge in [0.05, 0.1) is 0 Å². The number of carbonyl (C=O) groups is 2. The molecule has 4 nitrogen and oxygen atoms in total. The first kappa shape index (κ1) is 20.0. The highest BCUT2D eigenvalue weighted by Gasteiger charge is 2.28. The summed E-state index contributed by atoms with van der Waals surface area (Å²) in [4.78, 5) is 24.3. The maximum atomic E-state index is 12.2. The van der Waals surface area contributed by atoms with E-state index in [9.17, 15) is 19.8 Å². The fraction of sp³-hybridized carbons (Fsp3) is 0.364. The van der Waals surface area contributed by atoms with Gasteiger partial charge in [0.2, 0.25) is 0 Å². The molecule has 2 N–H and O–H groups in total. The predicted octanol–water partition coefficient (Wildman–Crippen LogP) is 3.57. The average Bonchev–Trinajstić information content (AvgIpc) is 2.61. The fourth-order valence-corrected chi connectivity index (χ4v) is 2.61. The summed E-state index contributed by atoms with van der Waals surface area (Å²) in [6.45, 7) is 6.25. The van der Waals surface area contributed by atoms with Gasteiger partial charge in [0.25, 0.3) is 0 Å². The van der Waals surface area contributed by atoms with E-state index in [-0.39, 0.29) is 11.6 Å². The largest absolute Gasteiger partial charge is 0.382 e. The third-order valence-electron chi connectivity index (χ3n) is 4.57. The lowest BCUT2D eigenvalue weighted by molar-refractivity contribution is 0.0390. The smallest absolute Gasteiger partial charge is 0.194 e. The van der Waals surface area contributed by atoms with Crippen molar-refractivity contribution in [3.63, 3.8) is 0 Å². The van der Waals surface area contributed by atoms with Crippen molar-refractivity contribution in [3.8, 4) is 0 Å². The van der Waals surface area contributed by atoms with Crippen molar-refractivity contribution in [2.24, 2.45) is 0 Å². The van der Waals surface area contributed by atoms with Crippen LogP contribution in [0.25, 0.3) is 0 Å². The molecule has 2 aromatic rings. The summed E-state index contributed by atoms with van der Waals surface area (Å²) in [6.07, 6.45) is 1.03. The number of carbonyl (C=O) groups excluding carboxylic acids is 2. The van der Waals surface area contributed by atoms with E-state index in [1.54, 1.807) is 31.2 Å².